The van der Waals surface area contributed by atoms with Crippen LogP contribution in [-0.4, -0.2) is 62.3 Å². The Balaban J connectivity index is 1.41. The van der Waals surface area contributed by atoms with Gasteiger partial charge < -0.3 is 4.90 Å². The Morgan fingerprint density at radius 2 is 2.08 bits per heavy atom. The SMILES string of the molecule is CC1CN=C(N2CCN(Cc3cc(=O)n4ccccc4n3)CC2)S1. The van der Waals surface area contributed by atoms with Gasteiger partial charge in [-0.2, -0.15) is 0 Å². The molecular weight excluding hydrogens is 322 g/mol. The van der Waals surface area contributed by atoms with Crippen molar-refractivity contribution in [1.82, 2.24) is 19.2 Å². The average molecular weight is 343 g/mol. The summed E-state index contributed by atoms with van der Waals surface area (Å²) in [4.78, 5) is 26.2. The van der Waals surface area contributed by atoms with E-state index in [1.807, 2.05) is 30.0 Å². The maximum Gasteiger partial charge on any atom is 0.258 e. The summed E-state index contributed by atoms with van der Waals surface area (Å²) in [6.07, 6.45) is 1.76. The van der Waals surface area contributed by atoms with Crippen LogP contribution >= 0.6 is 11.8 Å². The van der Waals surface area contributed by atoms with Crippen LogP contribution < -0.4 is 5.56 Å². The smallest absolute Gasteiger partial charge is 0.258 e. The molecule has 1 unspecified atom stereocenters. The minimum Gasteiger partial charge on any atom is -0.349 e. The van der Waals surface area contributed by atoms with Gasteiger partial charge >= 0.3 is 0 Å². The minimum atomic E-state index is -0.0139. The summed E-state index contributed by atoms with van der Waals surface area (Å²) in [6.45, 7) is 7.82. The van der Waals surface area contributed by atoms with Gasteiger partial charge in [0.15, 0.2) is 5.17 Å². The highest BCUT2D eigenvalue weighted by Crippen LogP contribution is 2.23. The van der Waals surface area contributed by atoms with Gasteiger partial charge in [-0.3, -0.25) is 19.1 Å². The van der Waals surface area contributed by atoms with Crippen LogP contribution in [0, 0.1) is 0 Å². The number of pyridine rings is 1. The summed E-state index contributed by atoms with van der Waals surface area (Å²) in [6, 6.07) is 7.28. The molecule has 1 atom stereocenters. The molecule has 0 bridgehead atoms. The maximum atomic E-state index is 12.2. The quantitative estimate of drug-likeness (QED) is 0.823. The van der Waals surface area contributed by atoms with Crippen LogP contribution in [0.4, 0.5) is 0 Å². The Labute approximate surface area is 145 Å². The second-order valence-corrected chi connectivity index (χ2v) is 7.74. The van der Waals surface area contributed by atoms with Crippen LogP contribution in [0.25, 0.3) is 5.65 Å². The molecule has 0 saturated carbocycles. The van der Waals surface area contributed by atoms with E-state index in [1.54, 1.807) is 16.7 Å². The largest absolute Gasteiger partial charge is 0.349 e. The molecule has 2 aromatic heterocycles. The molecule has 0 aliphatic carbocycles. The Hall–Kier alpha value is -1.86. The molecule has 126 valence electrons. The van der Waals surface area contributed by atoms with Crippen molar-refractivity contribution in [3.63, 3.8) is 0 Å². The summed E-state index contributed by atoms with van der Waals surface area (Å²) in [5, 5.41) is 1.80. The van der Waals surface area contributed by atoms with Gasteiger partial charge in [-0.05, 0) is 12.1 Å². The fourth-order valence-electron chi connectivity index (χ4n) is 3.15. The molecule has 0 aromatic carbocycles. The summed E-state index contributed by atoms with van der Waals surface area (Å²) < 4.78 is 1.58. The Bertz CT molecular complexity index is 825. The lowest BCUT2D eigenvalue weighted by molar-refractivity contribution is 0.176. The molecule has 2 aromatic rings. The highest BCUT2D eigenvalue weighted by atomic mass is 32.2. The van der Waals surface area contributed by atoms with E-state index in [0.717, 1.165) is 45.0 Å². The standard InChI is InChI=1S/C17H21N5OS/c1-13-11-18-17(24-13)21-8-6-20(7-9-21)12-14-10-16(23)22-5-3-2-4-15(22)19-14/h2-5,10,13H,6-9,11-12H2,1H3. The van der Waals surface area contributed by atoms with E-state index >= 15 is 0 Å². The lowest BCUT2D eigenvalue weighted by Gasteiger charge is -2.35. The molecule has 0 amide bonds. The summed E-state index contributed by atoms with van der Waals surface area (Å²) in [7, 11) is 0. The topological polar surface area (TPSA) is 53.2 Å². The lowest BCUT2D eigenvalue weighted by atomic mass is 10.3. The van der Waals surface area contributed by atoms with E-state index in [1.165, 1.54) is 5.17 Å². The molecule has 1 fully saturated rings. The maximum absolute atomic E-state index is 12.2. The number of rotatable bonds is 2. The van der Waals surface area contributed by atoms with Gasteiger partial charge in [0.2, 0.25) is 0 Å². The van der Waals surface area contributed by atoms with Crippen LogP contribution in [0.3, 0.4) is 0 Å². The van der Waals surface area contributed by atoms with Gasteiger partial charge in [0.1, 0.15) is 5.65 Å². The van der Waals surface area contributed by atoms with Crippen molar-refractivity contribution in [3.05, 3.63) is 46.5 Å². The number of nitrogens with zero attached hydrogens (tertiary/aromatic N) is 5. The van der Waals surface area contributed by atoms with Crippen LogP contribution in [0.15, 0.2) is 40.2 Å². The van der Waals surface area contributed by atoms with Crippen LogP contribution in [0.1, 0.15) is 12.6 Å². The van der Waals surface area contributed by atoms with E-state index < -0.39 is 0 Å². The van der Waals surface area contributed by atoms with E-state index in [0.29, 0.717) is 10.9 Å². The van der Waals surface area contributed by atoms with Crippen molar-refractivity contribution in [2.75, 3.05) is 32.7 Å². The summed E-state index contributed by atoms with van der Waals surface area (Å²) in [5.74, 6) is 0. The van der Waals surface area contributed by atoms with Gasteiger partial charge in [-0.15, -0.1) is 0 Å². The van der Waals surface area contributed by atoms with E-state index in [-0.39, 0.29) is 5.56 Å². The first kappa shape index (κ1) is 15.7. The minimum absolute atomic E-state index is 0.0139. The Morgan fingerprint density at radius 3 is 2.83 bits per heavy atom. The lowest BCUT2D eigenvalue weighted by Crippen LogP contribution is -2.47. The molecule has 24 heavy (non-hydrogen) atoms. The molecule has 4 rings (SSSR count). The first-order valence-corrected chi connectivity index (χ1v) is 9.23. The van der Waals surface area contributed by atoms with E-state index in [4.69, 9.17) is 0 Å². The number of amidine groups is 1. The molecule has 0 spiro atoms. The summed E-state index contributed by atoms with van der Waals surface area (Å²) >= 11 is 1.88. The second kappa shape index (κ2) is 6.57. The number of piperazine rings is 1. The number of hydrogen-bond donors (Lipinski definition) is 0. The van der Waals surface area contributed by atoms with E-state index in [9.17, 15) is 4.79 Å². The third-order valence-electron chi connectivity index (χ3n) is 4.44. The monoisotopic (exact) mass is 343 g/mol. The third-order valence-corrected chi connectivity index (χ3v) is 5.59. The van der Waals surface area contributed by atoms with Crippen molar-refractivity contribution >= 4 is 22.6 Å². The second-order valence-electron chi connectivity index (χ2n) is 6.33. The molecule has 2 aliphatic heterocycles. The first-order chi connectivity index (χ1) is 11.7. The van der Waals surface area contributed by atoms with Crippen LogP contribution in [0.2, 0.25) is 0 Å². The van der Waals surface area contributed by atoms with Gasteiger partial charge in [0.25, 0.3) is 5.56 Å². The van der Waals surface area contributed by atoms with Crippen LogP contribution in [-0.2, 0) is 6.54 Å². The highest BCUT2D eigenvalue weighted by molar-refractivity contribution is 8.14. The van der Waals surface area contributed by atoms with Crippen molar-refractivity contribution in [2.24, 2.45) is 4.99 Å². The van der Waals surface area contributed by atoms with Crippen molar-refractivity contribution in [3.8, 4) is 0 Å². The number of aliphatic imine (C=N–C) groups is 1. The highest BCUT2D eigenvalue weighted by Gasteiger charge is 2.24. The zero-order valence-electron chi connectivity index (χ0n) is 13.8. The van der Waals surface area contributed by atoms with Gasteiger partial charge in [0.05, 0.1) is 12.2 Å². The van der Waals surface area contributed by atoms with Crippen LogP contribution in [0.5, 0.6) is 0 Å². The molecule has 2 aliphatic rings. The zero-order valence-corrected chi connectivity index (χ0v) is 14.6. The molecule has 4 heterocycles. The number of hydrogen-bond acceptors (Lipinski definition) is 6. The van der Waals surface area contributed by atoms with Gasteiger partial charge in [0, 0.05) is 50.2 Å². The van der Waals surface area contributed by atoms with E-state index in [2.05, 4.69) is 26.7 Å². The molecule has 0 N–H and O–H groups in total. The van der Waals surface area contributed by atoms with Gasteiger partial charge in [-0.25, -0.2) is 4.98 Å². The van der Waals surface area contributed by atoms with Crippen molar-refractivity contribution in [1.29, 1.82) is 0 Å². The third kappa shape index (κ3) is 3.18. The van der Waals surface area contributed by atoms with Gasteiger partial charge in [-0.1, -0.05) is 24.8 Å². The fraction of sp³-hybridized carbons (Fsp3) is 0.471. The van der Waals surface area contributed by atoms with Crippen molar-refractivity contribution < 1.29 is 0 Å². The van der Waals surface area contributed by atoms with Crippen molar-refractivity contribution in [2.45, 2.75) is 18.7 Å². The molecule has 1 saturated heterocycles. The first-order valence-electron chi connectivity index (χ1n) is 8.35. The normalized spacial score (nSPS) is 22.1. The Morgan fingerprint density at radius 1 is 1.25 bits per heavy atom. The number of thioether (sulfide) groups is 1. The molecule has 0 radical (unpaired) electrons. The summed E-state index contributed by atoms with van der Waals surface area (Å²) in [5.41, 5.74) is 1.55. The molecule has 6 nitrogen and oxygen atoms in total. The Kier molecular flexibility index (Phi) is 4.28. The fourth-order valence-corrected chi connectivity index (χ4v) is 4.14. The molecule has 7 heteroatoms. The number of fused-ring (bicyclic) bond motifs is 1. The number of aromatic nitrogens is 2. The predicted octanol–water partition coefficient (Wildman–Crippen LogP) is 1.30. The molecular formula is C17H21N5OS. The zero-order chi connectivity index (χ0) is 16.5. The average Bonchev–Trinajstić information content (AvgIpc) is 3.02. The predicted molar refractivity (Wildman–Crippen MR) is 97.7 cm³/mol.